The molecule has 2 N–H and O–H groups in total. The maximum Gasteiger partial charge on any atom is 0.283 e. The van der Waals surface area contributed by atoms with Crippen LogP contribution >= 0.6 is 0 Å². The first-order valence-corrected chi connectivity index (χ1v) is 5.42. The van der Waals surface area contributed by atoms with Gasteiger partial charge in [-0.15, -0.1) is 0 Å². The summed E-state index contributed by atoms with van der Waals surface area (Å²) in [5, 5.41) is 27.5. The molecule has 2 aromatic rings. The lowest BCUT2D eigenvalue weighted by Crippen LogP contribution is -1.99. The Morgan fingerprint density at radius 3 is 1.25 bits per heavy atom. The molecule has 0 aliphatic rings. The fourth-order valence-electron chi connectivity index (χ4n) is 1.35. The van der Waals surface area contributed by atoms with E-state index in [9.17, 15) is 4.79 Å². The lowest BCUT2D eigenvalue weighted by atomic mass is 10.0. The van der Waals surface area contributed by atoms with Crippen LogP contribution in [0.4, 0.5) is 0 Å². The fraction of sp³-hybridized carbons (Fsp3) is 0. The van der Waals surface area contributed by atoms with Crippen LogP contribution in [0, 0.1) is 23.0 Å². The van der Waals surface area contributed by atoms with Crippen molar-refractivity contribution in [3.05, 3.63) is 71.8 Å². The summed E-state index contributed by atoms with van der Waals surface area (Å²) in [5.41, 5.74) is 1.47. The molecule has 100 valence electrons. The van der Waals surface area contributed by atoms with Gasteiger partial charge in [-0.3, -0.25) is 4.79 Å². The number of carbonyl (C=O) groups is 1. The molecule has 0 saturated heterocycles. The first kappa shape index (κ1) is 16.7. The molecule has 0 bridgehead atoms. The molecule has 0 aliphatic heterocycles. The Labute approximate surface area is 116 Å². The van der Waals surface area contributed by atoms with E-state index in [-0.39, 0.29) is 5.78 Å². The van der Waals surface area contributed by atoms with E-state index >= 15 is 0 Å². The number of aliphatic hydroxyl groups is 2. The van der Waals surface area contributed by atoms with Gasteiger partial charge >= 0.3 is 0 Å². The van der Waals surface area contributed by atoms with Crippen LogP contribution in [0.5, 0.6) is 0 Å². The summed E-state index contributed by atoms with van der Waals surface area (Å²) in [7, 11) is 0. The van der Waals surface area contributed by atoms with Crippen molar-refractivity contribution < 1.29 is 15.0 Å². The third-order valence-electron chi connectivity index (χ3n) is 2.07. The van der Waals surface area contributed by atoms with E-state index in [1.54, 1.807) is 0 Å². The van der Waals surface area contributed by atoms with E-state index in [0.29, 0.717) is 0 Å². The number of ketones is 1. The minimum Gasteiger partial charge on any atom is -0.443 e. The summed E-state index contributed by atoms with van der Waals surface area (Å²) in [6, 6.07) is 18.6. The van der Waals surface area contributed by atoms with Gasteiger partial charge in [-0.25, -0.2) is 0 Å². The molecule has 0 amide bonds. The zero-order chi connectivity index (χ0) is 15.2. The SMILES string of the molecule is N#CO.N#CO.O=C(c1ccccc1)c1ccccc1. The summed E-state index contributed by atoms with van der Waals surface area (Å²) in [6.45, 7) is 0. The molecular weight excluding hydrogens is 256 g/mol. The molecular formula is C15H12N2O3. The zero-order valence-corrected chi connectivity index (χ0v) is 10.5. The molecule has 0 spiro atoms. The average Bonchev–Trinajstić information content (AvgIpc) is 2.50. The van der Waals surface area contributed by atoms with Crippen LogP contribution < -0.4 is 0 Å². The number of hydrogen-bond acceptors (Lipinski definition) is 5. The van der Waals surface area contributed by atoms with Gasteiger partial charge in [-0.1, -0.05) is 60.7 Å². The van der Waals surface area contributed by atoms with Crippen molar-refractivity contribution in [1.82, 2.24) is 0 Å². The first-order chi connectivity index (χ1) is 9.71. The van der Waals surface area contributed by atoms with Gasteiger partial charge in [0.05, 0.1) is 0 Å². The topological polar surface area (TPSA) is 105 Å². The van der Waals surface area contributed by atoms with E-state index in [0.717, 1.165) is 23.6 Å². The second-order valence-corrected chi connectivity index (χ2v) is 3.26. The molecule has 0 aromatic heterocycles. The molecule has 2 aromatic carbocycles. The van der Waals surface area contributed by atoms with Crippen molar-refractivity contribution >= 4 is 5.78 Å². The molecule has 5 nitrogen and oxygen atoms in total. The molecule has 5 heteroatoms. The van der Waals surface area contributed by atoms with Crippen LogP contribution in [-0.4, -0.2) is 16.0 Å². The van der Waals surface area contributed by atoms with Crippen molar-refractivity contribution in [2.24, 2.45) is 0 Å². The highest BCUT2D eigenvalue weighted by molar-refractivity contribution is 6.08. The van der Waals surface area contributed by atoms with E-state index in [1.807, 2.05) is 60.7 Å². The van der Waals surface area contributed by atoms with Gasteiger partial charge in [0, 0.05) is 11.1 Å². The highest BCUT2D eigenvalue weighted by atomic mass is 16.2. The molecule has 0 fully saturated rings. The van der Waals surface area contributed by atoms with E-state index in [4.69, 9.17) is 20.7 Å². The van der Waals surface area contributed by atoms with E-state index in [1.165, 1.54) is 0 Å². The summed E-state index contributed by atoms with van der Waals surface area (Å²) in [5.74, 6) is 0.0752. The molecule has 0 heterocycles. The molecule has 0 saturated carbocycles. The smallest absolute Gasteiger partial charge is 0.283 e. The average molecular weight is 268 g/mol. The van der Waals surface area contributed by atoms with E-state index in [2.05, 4.69) is 0 Å². The van der Waals surface area contributed by atoms with Gasteiger partial charge in [0.15, 0.2) is 5.78 Å². The highest BCUT2D eigenvalue weighted by Crippen LogP contribution is 2.08. The van der Waals surface area contributed by atoms with Crippen LogP contribution in [0.15, 0.2) is 60.7 Å². The monoisotopic (exact) mass is 268 g/mol. The lowest BCUT2D eigenvalue weighted by Gasteiger charge is -1.99. The van der Waals surface area contributed by atoms with Crippen LogP contribution in [-0.2, 0) is 0 Å². The standard InChI is InChI=1S/C13H10O.2CHNO/c14-13(11-7-3-1-4-8-11)12-9-5-2-6-10-12;2*2-1-3/h1-10H;2*3H. The number of nitrogens with zero attached hydrogens (tertiary/aromatic N) is 2. The quantitative estimate of drug-likeness (QED) is 0.643. The molecule has 0 aliphatic carbocycles. The number of carbonyl (C=O) groups excluding carboxylic acids is 1. The third kappa shape index (κ3) is 6.43. The minimum atomic E-state index is 0.0752. The van der Waals surface area contributed by atoms with Crippen LogP contribution in [0.3, 0.4) is 0 Å². The van der Waals surface area contributed by atoms with Gasteiger partial charge in [0.1, 0.15) is 0 Å². The highest BCUT2D eigenvalue weighted by Gasteiger charge is 2.06. The Bertz CT molecular complexity index is 531. The van der Waals surface area contributed by atoms with Crippen molar-refractivity contribution in [2.75, 3.05) is 0 Å². The Morgan fingerprint density at radius 2 is 1.00 bits per heavy atom. The minimum absolute atomic E-state index is 0.0752. The third-order valence-corrected chi connectivity index (χ3v) is 2.07. The maximum atomic E-state index is 11.8. The van der Waals surface area contributed by atoms with Crippen LogP contribution in [0.2, 0.25) is 0 Å². The number of hydrogen-bond donors (Lipinski definition) is 2. The number of rotatable bonds is 2. The molecule has 0 atom stereocenters. The Morgan fingerprint density at radius 1 is 0.750 bits per heavy atom. The number of nitriles is 2. The molecule has 0 radical (unpaired) electrons. The molecule has 0 unspecified atom stereocenters. The second kappa shape index (κ2) is 10.8. The van der Waals surface area contributed by atoms with Crippen molar-refractivity contribution in [2.45, 2.75) is 0 Å². The van der Waals surface area contributed by atoms with Gasteiger partial charge < -0.3 is 10.2 Å². The van der Waals surface area contributed by atoms with E-state index < -0.39 is 0 Å². The predicted octanol–water partition coefficient (Wildman–Crippen LogP) is 2.60. The summed E-state index contributed by atoms with van der Waals surface area (Å²) >= 11 is 0. The summed E-state index contributed by atoms with van der Waals surface area (Å²) in [6.07, 6.45) is 1.50. The largest absolute Gasteiger partial charge is 0.443 e. The number of aliphatic hydroxyl groups excluding tert-OH is 2. The fourth-order valence-corrected chi connectivity index (χ4v) is 1.35. The predicted molar refractivity (Wildman–Crippen MR) is 71.4 cm³/mol. The molecule has 2 rings (SSSR count). The number of benzene rings is 2. The van der Waals surface area contributed by atoms with Gasteiger partial charge in [0.25, 0.3) is 12.5 Å². The summed E-state index contributed by atoms with van der Waals surface area (Å²) in [4.78, 5) is 11.8. The second-order valence-electron chi connectivity index (χ2n) is 3.26. The summed E-state index contributed by atoms with van der Waals surface area (Å²) < 4.78 is 0. The van der Waals surface area contributed by atoms with Gasteiger partial charge in [0.2, 0.25) is 0 Å². The molecule has 20 heavy (non-hydrogen) atoms. The Balaban J connectivity index is 0.000000520. The Kier molecular flexibility index (Phi) is 9.03. The van der Waals surface area contributed by atoms with Crippen LogP contribution in [0.1, 0.15) is 15.9 Å². The van der Waals surface area contributed by atoms with Crippen molar-refractivity contribution in [3.63, 3.8) is 0 Å². The van der Waals surface area contributed by atoms with Gasteiger partial charge in [-0.05, 0) is 0 Å². The zero-order valence-electron chi connectivity index (χ0n) is 10.5. The normalized spacial score (nSPS) is 7.50. The van der Waals surface area contributed by atoms with Crippen LogP contribution in [0.25, 0.3) is 0 Å². The maximum absolute atomic E-state index is 11.8. The lowest BCUT2D eigenvalue weighted by molar-refractivity contribution is 0.103. The van der Waals surface area contributed by atoms with Crippen molar-refractivity contribution in [1.29, 1.82) is 10.5 Å². The Hall–Kier alpha value is -3.31. The first-order valence-electron chi connectivity index (χ1n) is 5.42. The van der Waals surface area contributed by atoms with Crippen molar-refractivity contribution in [3.8, 4) is 12.5 Å². The van der Waals surface area contributed by atoms with Gasteiger partial charge in [-0.2, -0.15) is 10.5 Å².